The molecular formula is C23H12B10N6O2. The number of carbonyl (C=O) groups excluding carboxylic acids is 1. The smallest absolute Gasteiger partial charge is 0.251 e. The highest BCUT2D eigenvalue weighted by molar-refractivity contribution is 6.61. The third-order valence-corrected chi connectivity index (χ3v) is 6.32. The van der Waals surface area contributed by atoms with E-state index in [0.29, 0.717) is 16.9 Å². The van der Waals surface area contributed by atoms with Crippen LogP contribution in [0, 0.1) is 11.3 Å². The van der Waals surface area contributed by atoms with Crippen LogP contribution >= 0.6 is 0 Å². The summed E-state index contributed by atoms with van der Waals surface area (Å²) in [5.41, 5.74) is 2.33. The Morgan fingerprint density at radius 2 is 1.44 bits per heavy atom. The zero-order chi connectivity index (χ0) is 30.4. The van der Waals surface area contributed by atoms with E-state index in [9.17, 15) is 4.79 Å². The van der Waals surface area contributed by atoms with Crippen molar-refractivity contribution < 1.29 is 9.53 Å². The van der Waals surface area contributed by atoms with Crippen LogP contribution in [0.3, 0.4) is 0 Å². The summed E-state index contributed by atoms with van der Waals surface area (Å²) in [4.78, 5) is 22.1. The molecule has 2 aromatic carbocycles. The van der Waals surface area contributed by atoms with Gasteiger partial charge in [0.2, 0.25) is 5.95 Å². The summed E-state index contributed by atoms with van der Waals surface area (Å²) in [5, 5.41) is 3.46. The van der Waals surface area contributed by atoms with Gasteiger partial charge in [0.1, 0.15) is 47.1 Å². The molecule has 176 valence electrons. The standard InChI is InChI=1S/C23H12B10N6O2/c24-19(25,11-34)38-17(40)13-3-1-12(2-4-13)16-9-10-35-18(37-16)36-14-5-7-15(8-6-14)39-20(26,27)22(30,31)41-23(32,33)21(39,28)29/h1-10H,(H,38,40)(H,35,36,37). The number of hydrogen-bond donors (Lipinski definition) is 2. The highest BCUT2D eigenvalue weighted by Gasteiger charge is 2.56. The summed E-state index contributed by atoms with van der Waals surface area (Å²) in [6, 6.07) is 16.1. The molecule has 2 N–H and O–H groups in total. The highest BCUT2D eigenvalue weighted by Crippen LogP contribution is 2.43. The number of anilines is 3. The van der Waals surface area contributed by atoms with Gasteiger partial charge in [-0.25, -0.2) is 9.97 Å². The molecule has 0 aliphatic carbocycles. The van der Waals surface area contributed by atoms with Crippen LogP contribution < -0.4 is 15.5 Å². The number of ether oxygens (including phenoxy) is 1. The van der Waals surface area contributed by atoms with E-state index >= 15 is 0 Å². The van der Waals surface area contributed by atoms with Gasteiger partial charge in [0.25, 0.3) is 5.91 Å². The first-order chi connectivity index (χ1) is 18.9. The van der Waals surface area contributed by atoms with E-state index in [1.807, 2.05) is 0 Å². The maximum absolute atomic E-state index is 12.3. The van der Waals surface area contributed by atoms with Crippen molar-refractivity contribution in [3.63, 3.8) is 0 Å². The Balaban J connectivity index is 1.53. The monoisotopic (exact) mass is 514 g/mol. The summed E-state index contributed by atoms with van der Waals surface area (Å²) in [6.45, 7) is 0. The van der Waals surface area contributed by atoms with Crippen molar-refractivity contribution in [2.45, 2.75) is 26.8 Å². The molecule has 4 rings (SSSR count). The zero-order valence-corrected chi connectivity index (χ0v) is 21.7. The summed E-state index contributed by atoms with van der Waals surface area (Å²) < 4.78 is 5.23. The molecule has 8 nitrogen and oxygen atoms in total. The summed E-state index contributed by atoms with van der Waals surface area (Å²) in [6.07, 6.45) is 1.55. The van der Waals surface area contributed by atoms with Crippen molar-refractivity contribution in [3.8, 4) is 17.3 Å². The van der Waals surface area contributed by atoms with Gasteiger partial charge < -0.3 is 20.3 Å². The molecule has 20 radical (unpaired) electrons. The Kier molecular flexibility index (Phi) is 7.85. The fourth-order valence-electron chi connectivity index (χ4n) is 4.01. The average molecular weight is 513 g/mol. The second-order valence-corrected chi connectivity index (χ2v) is 9.62. The molecule has 2 heterocycles. The maximum Gasteiger partial charge on any atom is 0.251 e. The van der Waals surface area contributed by atoms with Crippen molar-refractivity contribution in [1.29, 1.82) is 5.26 Å². The van der Waals surface area contributed by atoms with Crippen molar-refractivity contribution >= 4 is 102 Å². The lowest BCUT2D eigenvalue weighted by Gasteiger charge is -2.71. The van der Waals surface area contributed by atoms with E-state index in [0.717, 1.165) is 4.90 Å². The van der Waals surface area contributed by atoms with Gasteiger partial charge in [-0.1, -0.05) is 12.1 Å². The van der Waals surface area contributed by atoms with Gasteiger partial charge in [0.15, 0.2) is 0 Å². The van der Waals surface area contributed by atoms with Crippen LogP contribution in [0.5, 0.6) is 0 Å². The van der Waals surface area contributed by atoms with Gasteiger partial charge in [-0.2, -0.15) is 5.26 Å². The van der Waals surface area contributed by atoms with E-state index in [2.05, 4.69) is 20.6 Å². The Morgan fingerprint density at radius 1 is 0.878 bits per heavy atom. The van der Waals surface area contributed by atoms with Crippen LogP contribution in [-0.4, -0.2) is 121 Å². The third-order valence-electron chi connectivity index (χ3n) is 6.32. The van der Waals surface area contributed by atoms with E-state index in [1.165, 1.54) is 12.1 Å². The van der Waals surface area contributed by atoms with Crippen LogP contribution in [0.4, 0.5) is 17.3 Å². The van der Waals surface area contributed by atoms with Crippen molar-refractivity contribution in [2.75, 3.05) is 10.2 Å². The lowest BCUT2D eigenvalue weighted by molar-refractivity contribution is -0.0253. The number of aromatic nitrogens is 2. The first-order valence-electron chi connectivity index (χ1n) is 11.8. The molecule has 18 heteroatoms. The normalized spacial score (nSPS) is 18.5. The molecule has 1 aromatic heterocycles. The molecule has 1 aliphatic heterocycles. The Hall–Kier alpha value is -3.31. The topological polar surface area (TPSA) is 103 Å². The third kappa shape index (κ3) is 5.87. The lowest BCUT2D eigenvalue weighted by atomic mass is 9.30. The minimum Gasteiger partial charge on any atom is -0.405 e. The van der Waals surface area contributed by atoms with Gasteiger partial charge in [0.05, 0.1) is 43.1 Å². The molecule has 0 spiro atoms. The Labute approximate surface area is 252 Å². The summed E-state index contributed by atoms with van der Waals surface area (Å²) >= 11 is 0. The number of benzene rings is 2. The summed E-state index contributed by atoms with van der Waals surface area (Å²) in [7, 11) is 59.5. The number of hydrogen-bond acceptors (Lipinski definition) is 7. The number of nitriles is 1. The van der Waals surface area contributed by atoms with Crippen molar-refractivity contribution in [2.24, 2.45) is 0 Å². The van der Waals surface area contributed by atoms with Gasteiger partial charge in [-0.3, -0.25) is 4.79 Å². The number of carbonyl (C=O) groups is 1. The Bertz CT molecular complexity index is 1470. The molecular weight excluding hydrogens is 500 g/mol. The lowest BCUT2D eigenvalue weighted by Crippen LogP contribution is -2.86. The molecule has 41 heavy (non-hydrogen) atoms. The molecule has 1 fully saturated rings. The van der Waals surface area contributed by atoms with Crippen LogP contribution in [0.25, 0.3) is 11.3 Å². The first kappa shape index (κ1) is 30.6. The maximum atomic E-state index is 12.3. The molecule has 0 atom stereocenters. The SMILES string of the molecule is [B]C([B])(C#N)NC(=O)c1ccc(-c2ccnc(Nc3ccc(N4C([B])([B])C([B])([B])OC([B])([B])C4([B])[B])cc3)n2)cc1. The molecule has 1 saturated heterocycles. The summed E-state index contributed by atoms with van der Waals surface area (Å²) in [5.74, 6) is -0.345. The van der Waals surface area contributed by atoms with E-state index in [1.54, 1.807) is 54.7 Å². The minimum atomic E-state index is -2.23. The molecule has 0 saturated carbocycles. The molecule has 1 amide bonds. The Morgan fingerprint density at radius 3 is 1.98 bits per heavy atom. The zero-order valence-electron chi connectivity index (χ0n) is 21.7. The largest absolute Gasteiger partial charge is 0.405 e. The highest BCUT2D eigenvalue weighted by atomic mass is 16.5. The second-order valence-electron chi connectivity index (χ2n) is 9.62. The predicted octanol–water partition coefficient (Wildman–Crippen LogP) is -2.07. The molecule has 3 aromatic rings. The number of nitrogens with zero attached hydrogens (tertiary/aromatic N) is 4. The van der Waals surface area contributed by atoms with E-state index in [-0.39, 0.29) is 17.2 Å². The van der Waals surface area contributed by atoms with Crippen LogP contribution in [0.15, 0.2) is 60.8 Å². The van der Waals surface area contributed by atoms with Gasteiger partial charge in [-0.05, 0) is 63.9 Å². The first-order valence-corrected chi connectivity index (χ1v) is 11.8. The fourth-order valence-corrected chi connectivity index (χ4v) is 4.01. The van der Waals surface area contributed by atoms with E-state index < -0.39 is 32.7 Å². The van der Waals surface area contributed by atoms with Crippen LogP contribution in [0.2, 0.25) is 0 Å². The van der Waals surface area contributed by atoms with Gasteiger partial charge in [-0.15, -0.1) is 0 Å². The number of morpholine rings is 1. The minimum absolute atomic E-state index is 0.248. The molecule has 1 aliphatic rings. The second kappa shape index (κ2) is 10.5. The van der Waals surface area contributed by atoms with Crippen LogP contribution in [0.1, 0.15) is 10.4 Å². The van der Waals surface area contributed by atoms with E-state index in [4.69, 9.17) is 88.5 Å². The fraction of sp³-hybridized carbons (Fsp3) is 0.217. The number of amides is 1. The predicted molar refractivity (Wildman–Crippen MR) is 165 cm³/mol. The average Bonchev–Trinajstić information content (AvgIpc) is 2.88. The van der Waals surface area contributed by atoms with Crippen LogP contribution in [-0.2, 0) is 4.74 Å². The number of rotatable bonds is 6. The molecule has 0 bridgehead atoms. The van der Waals surface area contributed by atoms with Gasteiger partial charge >= 0.3 is 0 Å². The van der Waals surface area contributed by atoms with Crippen molar-refractivity contribution in [1.82, 2.24) is 15.3 Å². The van der Waals surface area contributed by atoms with Crippen molar-refractivity contribution in [3.05, 3.63) is 66.4 Å². The molecule has 0 unspecified atom stereocenters. The van der Waals surface area contributed by atoms with Gasteiger partial charge in [0, 0.05) is 34.0 Å². The quantitative estimate of drug-likeness (QED) is 0.366. The number of nitrogens with one attached hydrogen (secondary N) is 2.